The van der Waals surface area contributed by atoms with Gasteiger partial charge >= 0.3 is 0 Å². The van der Waals surface area contributed by atoms with Crippen LogP contribution in [0, 0.1) is 0 Å². The fraction of sp³-hybridized carbons (Fsp3) is 0.444. The number of rotatable bonds is 3. The standard InChI is InChI=1S/C9H13N3O2/c1-6(7(2)13)11-9(14)8-4-12(3)5-10-8/h4-6H,1-3H3,(H,11,14). The third-order valence-electron chi connectivity index (χ3n) is 1.89. The Hall–Kier alpha value is -1.65. The maximum Gasteiger partial charge on any atom is 0.272 e. The third-order valence-corrected chi connectivity index (χ3v) is 1.89. The summed E-state index contributed by atoms with van der Waals surface area (Å²) < 4.78 is 1.67. The number of ketones is 1. The summed E-state index contributed by atoms with van der Waals surface area (Å²) in [5.74, 6) is -0.400. The van der Waals surface area contributed by atoms with E-state index >= 15 is 0 Å². The number of Topliss-reactive ketones (excluding diaryl/α,β-unsaturated/α-hetero) is 1. The van der Waals surface area contributed by atoms with Gasteiger partial charge in [0, 0.05) is 13.2 Å². The molecule has 1 amide bonds. The Morgan fingerprint density at radius 1 is 1.57 bits per heavy atom. The number of amides is 1. The number of carbonyl (C=O) groups excluding carboxylic acids is 2. The zero-order chi connectivity index (χ0) is 10.7. The predicted molar refractivity (Wildman–Crippen MR) is 50.8 cm³/mol. The first-order chi connectivity index (χ1) is 6.50. The van der Waals surface area contributed by atoms with Gasteiger partial charge in [-0.15, -0.1) is 0 Å². The van der Waals surface area contributed by atoms with E-state index in [4.69, 9.17) is 0 Å². The Balaban J connectivity index is 2.63. The van der Waals surface area contributed by atoms with Gasteiger partial charge in [-0.25, -0.2) is 4.98 Å². The maximum absolute atomic E-state index is 11.4. The van der Waals surface area contributed by atoms with Crippen LogP contribution in [0.3, 0.4) is 0 Å². The van der Waals surface area contributed by atoms with Gasteiger partial charge in [0.05, 0.1) is 12.4 Å². The van der Waals surface area contributed by atoms with Crippen molar-refractivity contribution in [2.75, 3.05) is 0 Å². The summed E-state index contributed by atoms with van der Waals surface area (Å²) in [4.78, 5) is 26.2. The molecular formula is C9H13N3O2. The fourth-order valence-corrected chi connectivity index (χ4v) is 0.902. The number of aromatic nitrogens is 2. The number of aryl methyl sites for hydroxylation is 1. The molecule has 1 unspecified atom stereocenters. The summed E-state index contributed by atoms with van der Waals surface area (Å²) in [5, 5.41) is 2.54. The molecule has 5 nitrogen and oxygen atoms in total. The monoisotopic (exact) mass is 195 g/mol. The van der Waals surface area contributed by atoms with Gasteiger partial charge < -0.3 is 9.88 Å². The van der Waals surface area contributed by atoms with Gasteiger partial charge in [-0.3, -0.25) is 9.59 Å². The van der Waals surface area contributed by atoms with Crippen molar-refractivity contribution < 1.29 is 9.59 Å². The smallest absolute Gasteiger partial charge is 0.272 e. The molecule has 0 aliphatic carbocycles. The number of imidazole rings is 1. The molecule has 76 valence electrons. The Morgan fingerprint density at radius 2 is 2.21 bits per heavy atom. The number of hydrogen-bond donors (Lipinski definition) is 1. The lowest BCUT2D eigenvalue weighted by Crippen LogP contribution is -2.37. The molecule has 0 aliphatic rings. The summed E-state index contributed by atoms with van der Waals surface area (Å²) in [6.07, 6.45) is 3.13. The van der Waals surface area contributed by atoms with Crippen molar-refractivity contribution in [2.24, 2.45) is 7.05 Å². The first kappa shape index (κ1) is 10.4. The molecule has 1 rings (SSSR count). The number of nitrogens with zero attached hydrogens (tertiary/aromatic N) is 2. The van der Waals surface area contributed by atoms with Gasteiger partial charge in [0.1, 0.15) is 5.69 Å². The highest BCUT2D eigenvalue weighted by atomic mass is 16.2. The van der Waals surface area contributed by atoms with E-state index in [0.29, 0.717) is 5.69 Å². The molecule has 5 heteroatoms. The van der Waals surface area contributed by atoms with Crippen LogP contribution in [0.25, 0.3) is 0 Å². The van der Waals surface area contributed by atoms with Crippen LogP contribution in [0.15, 0.2) is 12.5 Å². The second-order valence-electron chi connectivity index (χ2n) is 3.23. The summed E-state index contributed by atoms with van der Waals surface area (Å²) in [6.45, 7) is 3.08. The molecule has 1 N–H and O–H groups in total. The van der Waals surface area contributed by atoms with Crippen molar-refractivity contribution in [2.45, 2.75) is 19.9 Å². The van der Waals surface area contributed by atoms with Crippen LogP contribution in [0.4, 0.5) is 0 Å². The second-order valence-corrected chi connectivity index (χ2v) is 3.23. The average molecular weight is 195 g/mol. The van der Waals surface area contributed by atoms with E-state index in [2.05, 4.69) is 10.3 Å². The van der Waals surface area contributed by atoms with E-state index in [-0.39, 0.29) is 11.7 Å². The van der Waals surface area contributed by atoms with E-state index < -0.39 is 6.04 Å². The van der Waals surface area contributed by atoms with Gasteiger partial charge in [-0.1, -0.05) is 0 Å². The van der Waals surface area contributed by atoms with E-state index in [1.165, 1.54) is 13.3 Å². The Kier molecular flexibility index (Phi) is 3.01. The van der Waals surface area contributed by atoms with E-state index in [1.54, 1.807) is 24.7 Å². The van der Waals surface area contributed by atoms with Gasteiger partial charge in [0.15, 0.2) is 5.78 Å². The van der Waals surface area contributed by atoms with Gasteiger partial charge in [-0.05, 0) is 13.8 Å². The third kappa shape index (κ3) is 2.42. The quantitative estimate of drug-likeness (QED) is 0.745. The lowest BCUT2D eigenvalue weighted by Gasteiger charge is -2.08. The summed E-state index contributed by atoms with van der Waals surface area (Å²) >= 11 is 0. The fourth-order valence-electron chi connectivity index (χ4n) is 0.902. The summed E-state index contributed by atoms with van der Waals surface area (Å²) in [5.41, 5.74) is 0.320. The van der Waals surface area contributed by atoms with Crippen LogP contribution in [-0.2, 0) is 11.8 Å². The van der Waals surface area contributed by atoms with Gasteiger partial charge in [0.25, 0.3) is 5.91 Å². The normalized spacial score (nSPS) is 12.2. The van der Waals surface area contributed by atoms with E-state index in [9.17, 15) is 9.59 Å². The molecule has 1 atom stereocenters. The van der Waals surface area contributed by atoms with Crippen molar-refractivity contribution >= 4 is 11.7 Å². The lowest BCUT2D eigenvalue weighted by molar-refractivity contribution is -0.118. The first-order valence-corrected chi connectivity index (χ1v) is 4.30. The molecule has 0 fully saturated rings. The zero-order valence-corrected chi connectivity index (χ0v) is 8.44. The van der Waals surface area contributed by atoms with Gasteiger partial charge in [0.2, 0.25) is 0 Å². The SMILES string of the molecule is CC(=O)C(C)NC(=O)c1cn(C)cn1. The molecule has 0 saturated heterocycles. The topological polar surface area (TPSA) is 64.0 Å². The molecule has 14 heavy (non-hydrogen) atoms. The Labute approximate surface area is 82.1 Å². The number of hydrogen-bond acceptors (Lipinski definition) is 3. The minimum absolute atomic E-state index is 0.0747. The summed E-state index contributed by atoms with van der Waals surface area (Å²) in [6, 6.07) is -0.468. The van der Waals surface area contributed by atoms with E-state index in [0.717, 1.165) is 0 Å². The minimum Gasteiger partial charge on any atom is -0.341 e. The second kappa shape index (κ2) is 4.04. The molecule has 0 bridgehead atoms. The highest BCUT2D eigenvalue weighted by Gasteiger charge is 2.14. The largest absolute Gasteiger partial charge is 0.341 e. The van der Waals surface area contributed by atoms with Crippen molar-refractivity contribution in [1.29, 1.82) is 0 Å². The first-order valence-electron chi connectivity index (χ1n) is 4.30. The minimum atomic E-state index is -0.468. The van der Waals surface area contributed by atoms with Crippen molar-refractivity contribution in [3.05, 3.63) is 18.2 Å². The maximum atomic E-state index is 11.4. The van der Waals surface area contributed by atoms with Gasteiger partial charge in [-0.2, -0.15) is 0 Å². The molecule has 0 radical (unpaired) electrons. The molecule has 0 aliphatic heterocycles. The molecule has 0 aromatic carbocycles. The highest BCUT2D eigenvalue weighted by Crippen LogP contribution is 1.95. The number of carbonyl (C=O) groups is 2. The number of nitrogens with one attached hydrogen (secondary N) is 1. The van der Waals surface area contributed by atoms with E-state index in [1.807, 2.05) is 0 Å². The molecule has 1 aromatic heterocycles. The van der Waals surface area contributed by atoms with Crippen LogP contribution in [0.1, 0.15) is 24.3 Å². The average Bonchev–Trinajstić information content (AvgIpc) is 2.51. The predicted octanol–water partition coefficient (Wildman–Crippen LogP) is 0.127. The molecular weight excluding hydrogens is 182 g/mol. The Morgan fingerprint density at radius 3 is 2.64 bits per heavy atom. The van der Waals surface area contributed by atoms with Crippen LogP contribution in [-0.4, -0.2) is 27.3 Å². The highest BCUT2D eigenvalue weighted by molar-refractivity contribution is 5.95. The molecule has 0 saturated carbocycles. The van der Waals surface area contributed by atoms with Crippen LogP contribution >= 0.6 is 0 Å². The van der Waals surface area contributed by atoms with Crippen molar-refractivity contribution in [3.63, 3.8) is 0 Å². The van der Waals surface area contributed by atoms with Crippen molar-refractivity contribution in [1.82, 2.24) is 14.9 Å². The van der Waals surface area contributed by atoms with Crippen molar-refractivity contribution in [3.8, 4) is 0 Å². The molecule has 1 aromatic rings. The zero-order valence-electron chi connectivity index (χ0n) is 8.44. The lowest BCUT2D eigenvalue weighted by atomic mass is 10.2. The molecule has 1 heterocycles. The van der Waals surface area contributed by atoms with Crippen LogP contribution in [0.2, 0.25) is 0 Å². The Bertz CT molecular complexity index is 357. The summed E-state index contributed by atoms with van der Waals surface area (Å²) in [7, 11) is 1.78. The van der Waals surface area contributed by atoms with Crippen LogP contribution < -0.4 is 5.32 Å². The molecule has 0 spiro atoms. The van der Waals surface area contributed by atoms with Crippen LogP contribution in [0.5, 0.6) is 0 Å².